The van der Waals surface area contributed by atoms with Gasteiger partial charge in [-0.25, -0.2) is 0 Å². The van der Waals surface area contributed by atoms with Crippen LogP contribution in [0.4, 0.5) is 0 Å². The maximum atomic E-state index is 11.7. The molecule has 0 unspecified atom stereocenters. The lowest BCUT2D eigenvalue weighted by Gasteiger charge is -2.30. The molecule has 0 bridgehead atoms. The molecule has 110 valence electrons. The minimum absolute atomic E-state index is 0.0132. The normalized spacial score (nSPS) is 29.1. The van der Waals surface area contributed by atoms with Gasteiger partial charge in [0.25, 0.3) is 0 Å². The van der Waals surface area contributed by atoms with Crippen LogP contribution < -0.4 is 10.6 Å². The minimum Gasteiger partial charge on any atom is -0.466 e. The molecule has 19 heavy (non-hydrogen) atoms. The molecular weight excluding hydrogens is 240 g/mol. The molecule has 1 saturated heterocycles. The van der Waals surface area contributed by atoms with Crippen molar-refractivity contribution in [2.24, 2.45) is 11.8 Å². The van der Waals surface area contributed by atoms with E-state index in [9.17, 15) is 4.79 Å². The second-order valence-corrected chi connectivity index (χ2v) is 5.90. The van der Waals surface area contributed by atoms with Crippen molar-refractivity contribution in [1.29, 1.82) is 0 Å². The molecule has 0 aromatic rings. The molecule has 1 saturated carbocycles. The van der Waals surface area contributed by atoms with Gasteiger partial charge in [-0.05, 0) is 71.0 Å². The van der Waals surface area contributed by atoms with E-state index in [0.717, 1.165) is 38.1 Å². The summed E-state index contributed by atoms with van der Waals surface area (Å²) >= 11 is 0. The summed E-state index contributed by atoms with van der Waals surface area (Å²) < 4.78 is 5.11. The zero-order valence-corrected chi connectivity index (χ0v) is 12.1. The summed E-state index contributed by atoms with van der Waals surface area (Å²) in [5, 5.41) is 7.11. The Morgan fingerprint density at radius 1 is 1.16 bits per heavy atom. The lowest BCUT2D eigenvalue weighted by molar-refractivity contribution is -0.149. The van der Waals surface area contributed by atoms with Crippen molar-refractivity contribution in [2.75, 3.05) is 26.2 Å². The van der Waals surface area contributed by atoms with Crippen LogP contribution in [-0.2, 0) is 9.53 Å². The van der Waals surface area contributed by atoms with Crippen molar-refractivity contribution in [3.8, 4) is 0 Å². The smallest absolute Gasteiger partial charge is 0.308 e. The van der Waals surface area contributed by atoms with Gasteiger partial charge in [-0.3, -0.25) is 4.79 Å². The quantitative estimate of drug-likeness (QED) is 0.745. The number of ether oxygens (including phenoxy) is 1. The van der Waals surface area contributed by atoms with Gasteiger partial charge in [0, 0.05) is 6.04 Å². The second kappa shape index (κ2) is 7.85. The number of esters is 1. The Morgan fingerprint density at radius 2 is 1.84 bits per heavy atom. The number of carbonyl (C=O) groups excluding carboxylic acids is 1. The number of nitrogens with one attached hydrogen (secondary N) is 2. The summed E-state index contributed by atoms with van der Waals surface area (Å²) in [6, 6.07) is 0.612. The fourth-order valence-electron chi connectivity index (χ4n) is 3.21. The van der Waals surface area contributed by atoms with Crippen LogP contribution in [0.25, 0.3) is 0 Å². The van der Waals surface area contributed by atoms with Gasteiger partial charge in [-0.15, -0.1) is 0 Å². The van der Waals surface area contributed by atoms with E-state index in [1.807, 2.05) is 6.92 Å². The largest absolute Gasteiger partial charge is 0.466 e. The Labute approximate surface area is 116 Å². The molecule has 0 amide bonds. The van der Waals surface area contributed by atoms with E-state index < -0.39 is 0 Å². The lowest BCUT2D eigenvalue weighted by Crippen LogP contribution is -2.40. The fourth-order valence-corrected chi connectivity index (χ4v) is 3.21. The van der Waals surface area contributed by atoms with Crippen molar-refractivity contribution in [1.82, 2.24) is 10.6 Å². The van der Waals surface area contributed by atoms with E-state index in [-0.39, 0.29) is 11.9 Å². The van der Waals surface area contributed by atoms with Gasteiger partial charge in [0.05, 0.1) is 12.5 Å². The highest BCUT2D eigenvalue weighted by atomic mass is 16.5. The predicted molar refractivity (Wildman–Crippen MR) is 76.0 cm³/mol. The van der Waals surface area contributed by atoms with Crippen LogP contribution >= 0.6 is 0 Å². The molecule has 4 nitrogen and oxygen atoms in total. The average Bonchev–Trinajstić information content (AvgIpc) is 2.47. The second-order valence-electron chi connectivity index (χ2n) is 5.90. The summed E-state index contributed by atoms with van der Waals surface area (Å²) in [7, 11) is 0. The third kappa shape index (κ3) is 4.77. The first-order valence-corrected chi connectivity index (χ1v) is 7.90. The van der Waals surface area contributed by atoms with Crippen molar-refractivity contribution in [3.63, 3.8) is 0 Å². The predicted octanol–water partition coefficient (Wildman–Crippen LogP) is 1.70. The van der Waals surface area contributed by atoms with E-state index in [0.29, 0.717) is 12.6 Å². The summed E-state index contributed by atoms with van der Waals surface area (Å²) in [5.41, 5.74) is 0. The number of carbonyl (C=O) groups is 1. The molecular formula is C15H28N2O2. The molecule has 1 aliphatic carbocycles. The maximum Gasteiger partial charge on any atom is 0.308 e. The SMILES string of the molecule is CCOC(=O)C1CCC(NCC2CCNCC2)CC1. The monoisotopic (exact) mass is 268 g/mol. The Balaban J connectivity index is 1.61. The standard InChI is InChI=1S/C15H28N2O2/c1-2-19-15(18)13-3-5-14(6-4-13)17-11-12-7-9-16-10-8-12/h12-14,16-17H,2-11H2,1H3. The van der Waals surface area contributed by atoms with Crippen LogP contribution in [0, 0.1) is 11.8 Å². The zero-order chi connectivity index (χ0) is 13.5. The van der Waals surface area contributed by atoms with Gasteiger partial charge >= 0.3 is 5.97 Å². The molecule has 0 spiro atoms. The lowest BCUT2D eigenvalue weighted by atomic mass is 9.85. The van der Waals surface area contributed by atoms with Crippen LogP contribution in [0.3, 0.4) is 0 Å². The van der Waals surface area contributed by atoms with Gasteiger partial charge < -0.3 is 15.4 Å². The molecule has 1 aliphatic heterocycles. The van der Waals surface area contributed by atoms with E-state index in [1.165, 1.54) is 25.9 Å². The molecule has 0 aromatic carbocycles. The summed E-state index contributed by atoms with van der Waals surface area (Å²) in [6.45, 7) is 5.87. The van der Waals surface area contributed by atoms with Gasteiger partial charge in [0.15, 0.2) is 0 Å². The van der Waals surface area contributed by atoms with Gasteiger partial charge in [-0.1, -0.05) is 0 Å². The first kappa shape index (κ1) is 14.8. The third-order valence-electron chi connectivity index (χ3n) is 4.50. The first-order chi connectivity index (χ1) is 9.29. The van der Waals surface area contributed by atoms with E-state index in [1.54, 1.807) is 0 Å². The molecule has 2 N–H and O–H groups in total. The molecule has 2 rings (SSSR count). The maximum absolute atomic E-state index is 11.7. The zero-order valence-electron chi connectivity index (χ0n) is 12.1. The van der Waals surface area contributed by atoms with Gasteiger partial charge in [0.1, 0.15) is 0 Å². The minimum atomic E-state index is 0.0132. The summed E-state index contributed by atoms with van der Waals surface area (Å²) in [6.07, 6.45) is 6.81. The Bertz CT molecular complexity index is 269. The van der Waals surface area contributed by atoms with Crippen LogP contribution in [0.1, 0.15) is 45.4 Å². The molecule has 4 heteroatoms. The molecule has 2 fully saturated rings. The number of piperidine rings is 1. The third-order valence-corrected chi connectivity index (χ3v) is 4.50. The van der Waals surface area contributed by atoms with Crippen LogP contribution in [0.2, 0.25) is 0 Å². The van der Waals surface area contributed by atoms with Crippen LogP contribution in [0.15, 0.2) is 0 Å². The molecule has 0 radical (unpaired) electrons. The van der Waals surface area contributed by atoms with Crippen LogP contribution in [0.5, 0.6) is 0 Å². The average molecular weight is 268 g/mol. The van der Waals surface area contributed by atoms with Crippen molar-refractivity contribution < 1.29 is 9.53 Å². The Morgan fingerprint density at radius 3 is 2.47 bits per heavy atom. The van der Waals surface area contributed by atoms with Crippen molar-refractivity contribution >= 4 is 5.97 Å². The van der Waals surface area contributed by atoms with Crippen molar-refractivity contribution in [2.45, 2.75) is 51.5 Å². The summed E-state index contributed by atoms with van der Waals surface area (Å²) in [4.78, 5) is 11.7. The Hall–Kier alpha value is -0.610. The van der Waals surface area contributed by atoms with E-state index in [2.05, 4.69) is 10.6 Å². The van der Waals surface area contributed by atoms with Gasteiger partial charge in [0.2, 0.25) is 0 Å². The van der Waals surface area contributed by atoms with Crippen molar-refractivity contribution in [3.05, 3.63) is 0 Å². The number of hydrogen-bond acceptors (Lipinski definition) is 4. The summed E-state index contributed by atoms with van der Waals surface area (Å²) in [5.74, 6) is 1.00. The van der Waals surface area contributed by atoms with Crippen LogP contribution in [-0.4, -0.2) is 38.3 Å². The fraction of sp³-hybridized carbons (Fsp3) is 0.933. The highest BCUT2D eigenvalue weighted by Gasteiger charge is 2.27. The highest BCUT2D eigenvalue weighted by molar-refractivity contribution is 5.72. The molecule has 0 atom stereocenters. The van der Waals surface area contributed by atoms with Gasteiger partial charge in [-0.2, -0.15) is 0 Å². The highest BCUT2D eigenvalue weighted by Crippen LogP contribution is 2.25. The first-order valence-electron chi connectivity index (χ1n) is 7.90. The number of rotatable bonds is 5. The molecule has 2 aliphatic rings. The van der Waals surface area contributed by atoms with E-state index >= 15 is 0 Å². The Kier molecular flexibility index (Phi) is 6.11. The molecule has 1 heterocycles. The van der Waals surface area contributed by atoms with E-state index in [4.69, 9.17) is 4.74 Å². The topological polar surface area (TPSA) is 50.4 Å². The number of hydrogen-bond donors (Lipinski definition) is 2. The molecule has 0 aromatic heterocycles.